The summed E-state index contributed by atoms with van der Waals surface area (Å²) in [6.45, 7) is 0.122. The monoisotopic (exact) mass is 360 g/mol. The Labute approximate surface area is 149 Å². The van der Waals surface area contributed by atoms with E-state index >= 15 is 0 Å². The summed E-state index contributed by atoms with van der Waals surface area (Å²) >= 11 is 5.93. The lowest BCUT2D eigenvalue weighted by molar-refractivity contribution is 0.0914. The number of methoxy groups -OCH3 is 1. The Balaban J connectivity index is 1.68. The maximum Gasteiger partial charge on any atom is 0.261 e. The lowest BCUT2D eigenvalue weighted by Crippen LogP contribution is -2.30. The van der Waals surface area contributed by atoms with Gasteiger partial charge in [-0.25, -0.2) is 4.98 Å². The van der Waals surface area contributed by atoms with E-state index in [1.54, 1.807) is 49.6 Å². The molecule has 130 valence electrons. The van der Waals surface area contributed by atoms with E-state index in [9.17, 15) is 9.90 Å². The van der Waals surface area contributed by atoms with Crippen LogP contribution in [0.15, 0.2) is 53.6 Å². The Morgan fingerprint density at radius 2 is 1.92 bits per heavy atom. The first kappa shape index (κ1) is 17.3. The van der Waals surface area contributed by atoms with Gasteiger partial charge in [-0.1, -0.05) is 11.6 Å². The van der Waals surface area contributed by atoms with E-state index in [1.165, 1.54) is 10.9 Å². The highest BCUT2D eigenvalue weighted by Gasteiger charge is 2.11. The maximum absolute atomic E-state index is 12.5. The fourth-order valence-electron chi connectivity index (χ4n) is 2.41. The maximum atomic E-state index is 12.5. The first-order chi connectivity index (χ1) is 12.1. The Hall–Kier alpha value is -2.57. The fraction of sp³-hybridized carbons (Fsp3) is 0.222. The molecule has 1 atom stereocenters. The van der Waals surface area contributed by atoms with Crippen molar-refractivity contribution >= 4 is 22.5 Å². The van der Waals surface area contributed by atoms with Crippen LogP contribution in [0.5, 0.6) is 11.5 Å². The molecule has 0 spiro atoms. The van der Waals surface area contributed by atoms with Gasteiger partial charge in [0.15, 0.2) is 0 Å². The van der Waals surface area contributed by atoms with Gasteiger partial charge >= 0.3 is 0 Å². The van der Waals surface area contributed by atoms with Crippen molar-refractivity contribution in [3.63, 3.8) is 0 Å². The molecule has 1 N–H and O–H groups in total. The van der Waals surface area contributed by atoms with Crippen LogP contribution in [0.4, 0.5) is 0 Å². The zero-order valence-corrected chi connectivity index (χ0v) is 14.3. The van der Waals surface area contributed by atoms with E-state index in [-0.39, 0.29) is 18.7 Å². The Morgan fingerprint density at radius 1 is 1.20 bits per heavy atom. The second kappa shape index (κ2) is 7.55. The number of benzene rings is 2. The largest absolute Gasteiger partial charge is 0.497 e. The van der Waals surface area contributed by atoms with Gasteiger partial charge in [-0.2, -0.15) is 0 Å². The molecule has 2 aromatic carbocycles. The smallest absolute Gasteiger partial charge is 0.261 e. The number of aliphatic hydroxyl groups excluding tert-OH is 1. The molecule has 0 bridgehead atoms. The zero-order valence-electron chi connectivity index (χ0n) is 13.6. The van der Waals surface area contributed by atoms with Crippen molar-refractivity contribution in [2.75, 3.05) is 13.7 Å². The number of hydrogen-bond acceptors (Lipinski definition) is 5. The Morgan fingerprint density at radius 3 is 2.64 bits per heavy atom. The number of rotatable bonds is 6. The fourth-order valence-corrected chi connectivity index (χ4v) is 2.58. The molecule has 0 radical (unpaired) electrons. The topological polar surface area (TPSA) is 73.6 Å². The van der Waals surface area contributed by atoms with E-state index in [4.69, 9.17) is 21.1 Å². The van der Waals surface area contributed by atoms with E-state index in [0.717, 1.165) is 5.75 Å². The Kier molecular flexibility index (Phi) is 5.21. The summed E-state index contributed by atoms with van der Waals surface area (Å²) in [4.78, 5) is 16.7. The van der Waals surface area contributed by atoms with Crippen LogP contribution in [0, 0.1) is 0 Å². The van der Waals surface area contributed by atoms with E-state index in [0.29, 0.717) is 21.7 Å². The summed E-state index contributed by atoms with van der Waals surface area (Å²) in [6, 6.07) is 12.0. The molecule has 1 heterocycles. The first-order valence-electron chi connectivity index (χ1n) is 7.66. The van der Waals surface area contributed by atoms with Crippen LogP contribution in [0.1, 0.15) is 0 Å². The minimum absolute atomic E-state index is 0.0480. The quantitative estimate of drug-likeness (QED) is 0.731. The van der Waals surface area contributed by atoms with E-state index in [1.807, 2.05) is 0 Å². The molecule has 0 aliphatic rings. The van der Waals surface area contributed by atoms with Crippen LogP contribution in [-0.2, 0) is 6.54 Å². The molecule has 0 saturated carbocycles. The van der Waals surface area contributed by atoms with Crippen molar-refractivity contribution < 1.29 is 14.6 Å². The van der Waals surface area contributed by atoms with Crippen molar-refractivity contribution in [2.45, 2.75) is 12.6 Å². The molecule has 1 unspecified atom stereocenters. The number of hydrogen-bond donors (Lipinski definition) is 1. The van der Waals surface area contributed by atoms with Crippen LogP contribution in [-0.4, -0.2) is 34.5 Å². The minimum atomic E-state index is -0.863. The van der Waals surface area contributed by atoms with Gasteiger partial charge in [0, 0.05) is 5.02 Å². The highest BCUT2D eigenvalue weighted by atomic mass is 35.5. The van der Waals surface area contributed by atoms with Crippen LogP contribution in [0.3, 0.4) is 0 Å². The predicted molar refractivity (Wildman–Crippen MR) is 95.5 cm³/mol. The third-order valence-corrected chi connectivity index (χ3v) is 3.93. The van der Waals surface area contributed by atoms with Crippen molar-refractivity contribution in [3.8, 4) is 11.5 Å². The van der Waals surface area contributed by atoms with Gasteiger partial charge in [0.25, 0.3) is 5.56 Å². The van der Waals surface area contributed by atoms with Crippen molar-refractivity contribution in [1.29, 1.82) is 0 Å². The minimum Gasteiger partial charge on any atom is -0.497 e. The van der Waals surface area contributed by atoms with Gasteiger partial charge in [-0.3, -0.25) is 9.36 Å². The number of fused-ring (bicyclic) bond motifs is 1. The highest BCUT2D eigenvalue weighted by molar-refractivity contribution is 6.31. The van der Waals surface area contributed by atoms with Crippen molar-refractivity contribution in [3.05, 3.63) is 64.2 Å². The van der Waals surface area contributed by atoms with Crippen molar-refractivity contribution in [1.82, 2.24) is 9.55 Å². The predicted octanol–water partition coefficient (Wildman–Crippen LogP) is 2.50. The number of ether oxygens (including phenoxy) is 2. The van der Waals surface area contributed by atoms with E-state index < -0.39 is 6.10 Å². The first-order valence-corrected chi connectivity index (χ1v) is 8.04. The van der Waals surface area contributed by atoms with Gasteiger partial charge in [0.2, 0.25) is 0 Å². The normalized spacial score (nSPS) is 12.1. The molecule has 0 aliphatic carbocycles. The van der Waals surface area contributed by atoms with Gasteiger partial charge in [-0.15, -0.1) is 0 Å². The third-order valence-electron chi connectivity index (χ3n) is 3.70. The molecular formula is C18H17ClN2O4. The molecule has 0 fully saturated rings. The number of aliphatic hydroxyl groups is 1. The second-order valence-corrected chi connectivity index (χ2v) is 5.94. The third kappa shape index (κ3) is 4.10. The summed E-state index contributed by atoms with van der Waals surface area (Å²) in [6.07, 6.45) is 0.549. The lowest BCUT2D eigenvalue weighted by Gasteiger charge is -2.14. The van der Waals surface area contributed by atoms with Crippen LogP contribution < -0.4 is 15.0 Å². The zero-order chi connectivity index (χ0) is 17.8. The lowest BCUT2D eigenvalue weighted by atomic mass is 10.2. The van der Waals surface area contributed by atoms with Gasteiger partial charge in [0.1, 0.15) is 24.2 Å². The second-order valence-electron chi connectivity index (χ2n) is 5.50. The molecule has 3 aromatic rings. The standard InChI is InChI=1S/C18H17ClN2O4/c1-24-14-3-5-15(6-4-14)25-10-13(22)9-21-11-20-17-7-2-12(19)8-16(17)18(21)23/h2-8,11,13,22H,9-10H2,1H3. The summed E-state index contributed by atoms with van der Waals surface area (Å²) in [5.74, 6) is 1.33. The Bertz CT molecular complexity index is 925. The average molecular weight is 361 g/mol. The molecular weight excluding hydrogens is 344 g/mol. The molecule has 7 heteroatoms. The SMILES string of the molecule is COc1ccc(OCC(O)Cn2cnc3ccc(Cl)cc3c2=O)cc1. The van der Waals surface area contributed by atoms with Crippen molar-refractivity contribution in [2.24, 2.45) is 0 Å². The van der Waals surface area contributed by atoms with Gasteiger partial charge in [0.05, 0.1) is 30.9 Å². The molecule has 0 saturated heterocycles. The van der Waals surface area contributed by atoms with Gasteiger partial charge in [-0.05, 0) is 42.5 Å². The van der Waals surface area contributed by atoms with Crippen LogP contribution >= 0.6 is 11.6 Å². The van der Waals surface area contributed by atoms with Gasteiger partial charge < -0.3 is 14.6 Å². The summed E-state index contributed by atoms with van der Waals surface area (Å²) in [5, 5.41) is 11.0. The summed E-state index contributed by atoms with van der Waals surface area (Å²) in [5.41, 5.74) is 0.311. The van der Waals surface area contributed by atoms with E-state index in [2.05, 4.69) is 4.98 Å². The number of nitrogens with zero attached hydrogens (tertiary/aromatic N) is 2. The molecule has 1 aromatic heterocycles. The summed E-state index contributed by atoms with van der Waals surface area (Å²) < 4.78 is 11.9. The molecule has 6 nitrogen and oxygen atoms in total. The molecule has 0 aliphatic heterocycles. The van der Waals surface area contributed by atoms with Crippen LogP contribution in [0.2, 0.25) is 5.02 Å². The summed E-state index contributed by atoms with van der Waals surface area (Å²) in [7, 11) is 1.59. The molecule has 3 rings (SSSR count). The highest BCUT2D eigenvalue weighted by Crippen LogP contribution is 2.17. The average Bonchev–Trinajstić information content (AvgIpc) is 2.63. The van der Waals surface area contributed by atoms with Crippen LogP contribution in [0.25, 0.3) is 10.9 Å². The molecule has 25 heavy (non-hydrogen) atoms. The number of halogens is 1. The number of aromatic nitrogens is 2. The molecule has 0 amide bonds.